The van der Waals surface area contributed by atoms with Crippen molar-refractivity contribution in [3.05, 3.63) is 89.1 Å². The van der Waals surface area contributed by atoms with Gasteiger partial charge < -0.3 is 19.5 Å². The molecular formula is C24H21ClFN3O3. The Bertz CT molecular complexity index is 1240. The van der Waals surface area contributed by atoms with Crippen molar-refractivity contribution in [2.45, 2.75) is 19.1 Å². The normalized spacial score (nSPS) is 13.0. The number of rotatable bonds is 6. The van der Waals surface area contributed by atoms with Crippen LogP contribution in [0.2, 0.25) is 5.02 Å². The van der Waals surface area contributed by atoms with Crippen molar-refractivity contribution in [1.82, 2.24) is 15.0 Å². The Morgan fingerprint density at radius 3 is 2.69 bits per heavy atom. The highest BCUT2D eigenvalue weighted by Gasteiger charge is 2.26. The maximum absolute atomic E-state index is 14.5. The molecule has 2 atom stereocenters. The number of nitrogens with zero attached hydrogens (tertiary/aromatic N) is 2. The summed E-state index contributed by atoms with van der Waals surface area (Å²) in [5, 5.41) is 14.4. The zero-order valence-corrected chi connectivity index (χ0v) is 18.2. The van der Waals surface area contributed by atoms with Gasteiger partial charge in [-0.3, -0.25) is 4.79 Å². The molecule has 2 aromatic heterocycles. The van der Waals surface area contributed by atoms with E-state index in [2.05, 4.69) is 10.1 Å². The number of aliphatic hydroxyl groups excluding tert-OH is 1. The number of likely N-dealkylation sites (N-methyl/N-ethyl adjacent to an activating group) is 1. The summed E-state index contributed by atoms with van der Waals surface area (Å²) >= 11 is 5.91. The molecule has 1 amide bonds. The minimum atomic E-state index is -0.841. The molecule has 0 bridgehead atoms. The zero-order chi connectivity index (χ0) is 22.8. The molecule has 0 radical (unpaired) electrons. The van der Waals surface area contributed by atoms with Crippen LogP contribution in [-0.2, 0) is 0 Å². The van der Waals surface area contributed by atoms with Crippen LogP contribution in [0, 0.1) is 5.82 Å². The third-order valence-corrected chi connectivity index (χ3v) is 5.81. The molecule has 0 aliphatic carbocycles. The number of amides is 1. The Morgan fingerprint density at radius 1 is 1.19 bits per heavy atom. The molecule has 0 saturated heterocycles. The van der Waals surface area contributed by atoms with E-state index in [1.165, 1.54) is 17.2 Å². The SMILES string of the molecule is C[C@@H]([C@@H](O)c1ccccc1)N(C)C(=O)c1cc(-c2oncc2-c2cccc(Cl)c2F)c[nH]1. The van der Waals surface area contributed by atoms with Gasteiger partial charge in [0.05, 0.1) is 28.9 Å². The minimum absolute atomic E-state index is 0.00725. The average molecular weight is 454 g/mol. The standard InChI is InChI=1S/C24H21ClFN3O3/c1-14(22(30)15-7-4-3-5-8-15)29(2)24(31)20-11-16(12-27-20)23-18(13-28-32-23)17-9-6-10-19(25)21(17)26/h3-14,22,27,30H,1-2H3/t14-,22+/m0/s1. The largest absolute Gasteiger partial charge is 0.386 e. The number of benzene rings is 2. The van der Waals surface area contributed by atoms with Crippen molar-refractivity contribution >= 4 is 17.5 Å². The van der Waals surface area contributed by atoms with Crippen molar-refractivity contribution in [2.75, 3.05) is 7.05 Å². The van der Waals surface area contributed by atoms with Crippen molar-refractivity contribution in [3.63, 3.8) is 0 Å². The highest BCUT2D eigenvalue weighted by Crippen LogP contribution is 2.35. The molecule has 0 spiro atoms. The number of hydrogen-bond donors (Lipinski definition) is 2. The lowest BCUT2D eigenvalue weighted by Crippen LogP contribution is -2.39. The van der Waals surface area contributed by atoms with Gasteiger partial charge in [-0.1, -0.05) is 59.2 Å². The lowest BCUT2D eigenvalue weighted by Gasteiger charge is -2.29. The lowest BCUT2D eigenvalue weighted by atomic mass is 10.0. The molecule has 32 heavy (non-hydrogen) atoms. The van der Waals surface area contributed by atoms with Crippen LogP contribution in [0.4, 0.5) is 4.39 Å². The van der Waals surface area contributed by atoms with Gasteiger partial charge in [0.1, 0.15) is 11.5 Å². The number of hydrogen-bond acceptors (Lipinski definition) is 4. The van der Waals surface area contributed by atoms with Gasteiger partial charge in [0.25, 0.3) is 5.91 Å². The highest BCUT2D eigenvalue weighted by atomic mass is 35.5. The van der Waals surface area contributed by atoms with Crippen LogP contribution in [0.5, 0.6) is 0 Å². The summed E-state index contributed by atoms with van der Waals surface area (Å²) in [6.07, 6.45) is 2.15. The molecular weight excluding hydrogens is 433 g/mol. The third-order valence-electron chi connectivity index (χ3n) is 5.52. The van der Waals surface area contributed by atoms with E-state index in [0.717, 1.165) is 5.56 Å². The predicted molar refractivity (Wildman–Crippen MR) is 120 cm³/mol. The van der Waals surface area contributed by atoms with E-state index in [1.807, 2.05) is 30.3 Å². The fourth-order valence-corrected chi connectivity index (χ4v) is 3.69. The number of aliphatic hydroxyl groups is 1. The second-order valence-corrected chi connectivity index (χ2v) is 7.89. The molecule has 2 aromatic carbocycles. The summed E-state index contributed by atoms with van der Waals surface area (Å²) in [5.74, 6) is -0.580. The Hall–Kier alpha value is -3.42. The molecule has 8 heteroatoms. The van der Waals surface area contributed by atoms with E-state index in [9.17, 15) is 14.3 Å². The number of carbonyl (C=O) groups is 1. The number of carbonyl (C=O) groups excluding carboxylic acids is 1. The minimum Gasteiger partial charge on any atom is -0.386 e. The smallest absolute Gasteiger partial charge is 0.270 e. The van der Waals surface area contributed by atoms with Crippen LogP contribution in [0.15, 0.2) is 71.5 Å². The zero-order valence-electron chi connectivity index (χ0n) is 17.4. The van der Waals surface area contributed by atoms with E-state index in [4.69, 9.17) is 16.1 Å². The first-order valence-corrected chi connectivity index (χ1v) is 10.3. The first-order valence-electron chi connectivity index (χ1n) is 9.96. The molecule has 0 fully saturated rings. The van der Waals surface area contributed by atoms with Gasteiger partial charge in [-0.15, -0.1) is 0 Å². The van der Waals surface area contributed by atoms with Crippen LogP contribution in [0.1, 0.15) is 29.1 Å². The van der Waals surface area contributed by atoms with Gasteiger partial charge in [0.15, 0.2) is 5.76 Å². The van der Waals surface area contributed by atoms with Crippen LogP contribution in [0.25, 0.3) is 22.5 Å². The number of halogens is 2. The molecule has 0 unspecified atom stereocenters. The Labute approximate surface area is 189 Å². The fourth-order valence-electron chi connectivity index (χ4n) is 3.52. The first kappa shape index (κ1) is 21.8. The van der Waals surface area contributed by atoms with Gasteiger partial charge in [0.2, 0.25) is 0 Å². The molecule has 4 rings (SSSR count). The highest BCUT2D eigenvalue weighted by molar-refractivity contribution is 6.31. The van der Waals surface area contributed by atoms with Crippen LogP contribution in [-0.4, -0.2) is 39.1 Å². The number of aromatic amines is 1. The van der Waals surface area contributed by atoms with Gasteiger partial charge >= 0.3 is 0 Å². The monoisotopic (exact) mass is 453 g/mol. The van der Waals surface area contributed by atoms with Gasteiger partial charge in [-0.2, -0.15) is 0 Å². The molecule has 0 aliphatic rings. The lowest BCUT2D eigenvalue weighted by molar-refractivity contribution is 0.0482. The summed E-state index contributed by atoms with van der Waals surface area (Å²) in [7, 11) is 1.63. The Balaban J connectivity index is 1.58. The average Bonchev–Trinajstić information content (AvgIpc) is 3.49. The topological polar surface area (TPSA) is 82.4 Å². The quantitative estimate of drug-likeness (QED) is 0.413. The molecule has 0 aliphatic heterocycles. The summed E-state index contributed by atoms with van der Waals surface area (Å²) in [6, 6.07) is 15.0. The van der Waals surface area contributed by atoms with E-state index in [-0.39, 0.29) is 16.5 Å². The van der Waals surface area contributed by atoms with Crippen molar-refractivity contribution in [1.29, 1.82) is 0 Å². The second kappa shape index (κ2) is 8.98. The fraction of sp³-hybridized carbons (Fsp3) is 0.167. The molecule has 4 aromatic rings. The maximum Gasteiger partial charge on any atom is 0.270 e. The third kappa shape index (κ3) is 4.04. The molecule has 2 heterocycles. The summed E-state index contributed by atoms with van der Waals surface area (Å²) < 4.78 is 19.9. The molecule has 0 saturated carbocycles. The van der Waals surface area contributed by atoms with Crippen molar-refractivity contribution < 1.29 is 18.8 Å². The van der Waals surface area contributed by atoms with Gasteiger partial charge in [0, 0.05) is 24.4 Å². The predicted octanol–water partition coefficient (Wildman–Crippen LogP) is 5.32. The van der Waals surface area contributed by atoms with Gasteiger partial charge in [-0.05, 0) is 24.6 Å². The summed E-state index contributed by atoms with van der Waals surface area (Å²) in [5.41, 5.74) is 2.22. The van der Waals surface area contributed by atoms with E-state index in [1.54, 1.807) is 38.4 Å². The Kier molecular flexibility index (Phi) is 6.12. The number of aromatic nitrogens is 2. The van der Waals surface area contributed by atoms with Crippen LogP contribution < -0.4 is 0 Å². The first-order chi connectivity index (χ1) is 15.4. The number of H-pyrrole nitrogens is 1. The number of nitrogens with one attached hydrogen (secondary N) is 1. The Morgan fingerprint density at radius 2 is 1.94 bits per heavy atom. The second-order valence-electron chi connectivity index (χ2n) is 7.48. The maximum atomic E-state index is 14.5. The van der Waals surface area contributed by atoms with Gasteiger partial charge in [-0.25, -0.2) is 4.39 Å². The molecule has 164 valence electrons. The summed E-state index contributed by atoms with van der Waals surface area (Å²) in [4.78, 5) is 17.4. The molecule has 6 nitrogen and oxygen atoms in total. The van der Waals surface area contributed by atoms with Crippen molar-refractivity contribution in [3.8, 4) is 22.5 Å². The van der Waals surface area contributed by atoms with Crippen molar-refractivity contribution in [2.24, 2.45) is 0 Å². The van der Waals surface area contributed by atoms with Crippen LogP contribution in [0.3, 0.4) is 0 Å². The summed E-state index contributed by atoms with van der Waals surface area (Å²) in [6.45, 7) is 1.77. The molecule has 2 N–H and O–H groups in total. The van der Waals surface area contributed by atoms with E-state index in [0.29, 0.717) is 22.6 Å². The van der Waals surface area contributed by atoms with Crippen LogP contribution >= 0.6 is 11.6 Å². The van der Waals surface area contributed by atoms with E-state index >= 15 is 0 Å². The van der Waals surface area contributed by atoms with E-state index < -0.39 is 18.0 Å².